The first-order chi connectivity index (χ1) is 24.7. The van der Waals surface area contributed by atoms with E-state index in [4.69, 9.17) is 4.74 Å². The number of nitrogens with one attached hydrogen (secondary N) is 1. The van der Waals surface area contributed by atoms with Crippen molar-refractivity contribution in [3.8, 4) is 11.1 Å². The molecule has 1 amide bonds. The molecule has 0 bridgehead atoms. The number of likely N-dealkylation sites (tertiary alicyclic amines) is 1. The molecule has 0 saturated carbocycles. The van der Waals surface area contributed by atoms with Gasteiger partial charge in [-0.1, -0.05) is 32.0 Å². The number of rotatable bonds is 14. The Morgan fingerprint density at radius 1 is 0.943 bits per heavy atom. The van der Waals surface area contributed by atoms with Gasteiger partial charge in [-0.25, -0.2) is 8.78 Å². The number of nitrogens with zero attached hydrogens (tertiary/aromatic N) is 2. The number of hydrogen-bond donors (Lipinski definition) is 1. The lowest BCUT2D eigenvalue weighted by atomic mass is 9.89. The van der Waals surface area contributed by atoms with Gasteiger partial charge in [0.25, 0.3) is 5.56 Å². The molecule has 7 nitrogen and oxygen atoms in total. The number of ether oxygens (including phenoxy) is 1. The number of carbonyl (C=O) groups is 2. The molecular weight excluding hydrogens is 714 g/mol. The number of hydrogen-bond acceptors (Lipinski definition) is 5. The van der Waals surface area contributed by atoms with E-state index in [9.17, 15) is 40.7 Å². The highest BCUT2D eigenvalue weighted by Gasteiger charge is 2.41. The van der Waals surface area contributed by atoms with Crippen LogP contribution in [0.15, 0.2) is 41.3 Å². The molecule has 15 heteroatoms. The van der Waals surface area contributed by atoms with E-state index in [1.165, 1.54) is 32.9 Å². The van der Waals surface area contributed by atoms with Gasteiger partial charge in [-0.2, -0.15) is 26.3 Å². The highest BCUT2D eigenvalue weighted by molar-refractivity contribution is 5.82. The predicted molar refractivity (Wildman–Crippen MR) is 182 cm³/mol. The molecule has 1 aromatic heterocycles. The van der Waals surface area contributed by atoms with E-state index in [1.54, 1.807) is 19.9 Å². The summed E-state index contributed by atoms with van der Waals surface area (Å²) in [6, 6.07) is 1.68. The zero-order valence-corrected chi connectivity index (χ0v) is 30.1. The molecule has 4 rings (SSSR count). The van der Waals surface area contributed by atoms with Crippen molar-refractivity contribution in [1.29, 1.82) is 0 Å². The Morgan fingerprint density at radius 2 is 1.57 bits per heavy atom. The molecule has 2 aromatic carbocycles. The average Bonchev–Trinajstić information content (AvgIpc) is 3.01. The van der Waals surface area contributed by atoms with Crippen molar-refractivity contribution in [2.24, 2.45) is 5.92 Å². The molecule has 290 valence electrons. The third kappa shape index (κ3) is 9.84. The van der Waals surface area contributed by atoms with E-state index in [0.29, 0.717) is 36.2 Å². The van der Waals surface area contributed by atoms with Crippen molar-refractivity contribution >= 4 is 11.9 Å². The molecule has 1 N–H and O–H groups in total. The van der Waals surface area contributed by atoms with Crippen molar-refractivity contribution in [1.82, 2.24) is 14.8 Å². The largest absolute Gasteiger partial charge is 0.466 e. The molecule has 2 atom stereocenters. The Balaban J connectivity index is 1.88. The monoisotopic (exact) mass is 757 g/mol. The van der Waals surface area contributed by atoms with Gasteiger partial charge in [0.15, 0.2) is 0 Å². The molecule has 1 saturated heterocycles. The van der Waals surface area contributed by atoms with Gasteiger partial charge in [0.2, 0.25) is 5.91 Å². The molecule has 0 radical (unpaired) electrons. The molecule has 3 aromatic rings. The van der Waals surface area contributed by atoms with E-state index < -0.39 is 82.2 Å². The minimum atomic E-state index is -5.34. The molecular formula is C38H43F8N3O4. The number of aryl methyl sites for hydroxylation is 3. The molecule has 0 spiro atoms. The minimum Gasteiger partial charge on any atom is -0.466 e. The highest BCUT2D eigenvalue weighted by atomic mass is 19.4. The summed E-state index contributed by atoms with van der Waals surface area (Å²) in [5.41, 5.74) is -5.61. The first kappa shape index (κ1) is 41.5. The fraction of sp³-hybridized carbons (Fsp3) is 0.500. The number of benzene rings is 2. The Bertz CT molecular complexity index is 1850. The summed E-state index contributed by atoms with van der Waals surface area (Å²) in [5.74, 6) is -6.20. The number of aromatic nitrogens is 1. The molecule has 1 fully saturated rings. The second-order valence-electron chi connectivity index (χ2n) is 13.7. The van der Waals surface area contributed by atoms with Gasteiger partial charge in [0, 0.05) is 23.4 Å². The zero-order valence-electron chi connectivity index (χ0n) is 30.1. The van der Waals surface area contributed by atoms with E-state index >= 15 is 8.78 Å². The van der Waals surface area contributed by atoms with Gasteiger partial charge in [-0.15, -0.1) is 0 Å². The third-order valence-corrected chi connectivity index (χ3v) is 9.30. The van der Waals surface area contributed by atoms with Gasteiger partial charge < -0.3 is 19.5 Å². The van der Waals surface area contributed by atoms with Crippen LogP contribution < -0.4 is 10.9 Å². The smallest absolute Gasteiger partial charge is 0.419 e. The second kappa shape index (κ2) is 16.8. The average molecular weight is 758 g/mol. The fourth-order valence-electron chi connectivity index (χ4n) is 6.66. The Labute approximate surface area is 302 Å². The van der Waals surface area contributed by atoms with Gasteiger partial charge in [-0.3, -0.25) is 14.4 Å². The standard InChI is InChI=1S/C38H43F8N3O4/c1-6-53-31(51)19-28(33-34(39)25(17-27(35(33)40)38(44,45)46)32-22(4)10-7-11-23(32)5)47-36(52)29(16-21(2)3)49-20-24(12-8-13-48-14-9-15-48)26(18-30(49)50)37(41,42)43/h7,10-11,17-18,20-21,28-29H,6,8-9,12-16,19H2,1-5H3,(H,47,52)/t28-,29?/m0/s1. The Morgan fingerprint density at radius 3 is 2.09 bits per heavy atom. The fourth-order valence-corrected chi connectivity index (χ4v) is 6.66. The van der Waals surface area contributed by atoms with Gasteiger partial charge >= 0.3 is 18.3 Å². The van der Waals surface area contributed by atoms with Gasteiger partial charge in [0.1, 0.15) is 17.7 Å². The van der Waals surface area contributed by atoms with Crippen LogP contribution in [0.4, 0.5) is 35.1 Å². The Hall–Kier alpha value is -4.27. The molecule has 1 aliphatic heterocycles. The Kier molecular flexibility index (Phi) is 13.2. The van der Waals surface area contributed by atoms with Crippen LogP contribution in [0.1, 0.15) is 91.9 Å². The normalized spacial score (nSPS) is 14.9. The van der Waals surface area contributed by atoms with Gasteiger partial charge in [-0.05, 0) is 100 Å². The number of pyridine rings is 1. The molecule has 53 heavy (non-hydrogen) atoms. The highest BCUT2D eigenvalue weighted by Crippen LogP contribution is 2.42. The van der Waals surface area contributed by atoms with E-state index in [2.05, 4.69) is 10.2 Å². The molecule has 1 aliphatic rings. The lowest BCUT2D eigenvalue weighted by Crippen LogP contribution is -2.41. The molecule has 1 unspecified atom stereocenters. The van der Waals surface area contributed by atoms with Crippen LogP contribution in [0.3, 0.4) is 0 Å². The number of halogens is 8. The quantitative estimate of drug-likeness (QED) is 0.132. The van der Waals surface area contributed by atoms with Gasteiger partial charge in [0.05, 0.1) is 30.2 Å². The van der Waals surface area contributed by atoms with E-state index in [1.807, 2.05) is 0 Å². The number of amides is 1. The molecule has 2 heterocycles. The van der Waals surface area contributed by atoms with Crippen molar-refractivity contribution in [2.75, 3.05) is 26.2 Å². The van der Waals surface area contributed by atoms with Crippen molar-refractivity contribution in [3.63, 3.8) is 0 Å². The number of esters is 1. The van der Waals surface area contributed by atoms with Crippen LogP contribution in [-0.2, 0) is 33.1 Å². The van der Waals surface area contributed by atoms with Crippen LogP contribution >= 0.6 is 0 Å². The van der Waals surface area contributed by atoms with Crippen LogP contribution in [-0.4, -0.2) is 47.6 Å². The predicted octanol–water partition coefficient (Wildman–Crippen LogP) is 8.48. The van der Waals surface area contributed by atoms with Crippen molar-refractivity contribution < 1.29 is 49.4 Å². The third-order valence-electron chi connectivity index (χ3n) is 9.30. The summed E-state index contributed by atoms with van der Waals surface area (Å²) in [7, 11) is 0. The van der Waals surface area contributed by atoms with E-state index in [-0.39, 0.29) is 36.5 Å². The lowest BCUT2D eigenvalue weighted by molar-refractivity contribution is -0.144. The summed E-state index contributed by atoms with van der Waals surface area (Å²) in [6.07, 6.45) is -9.26. The first-order valence-corrected chi connectivity index (χ1v) is 17.4. The number of alkyl halides is 6. The van der Waals surface area contributed by atoms with Crippen LogP contribution in [0.5, 0.6) is 0 Å². The maximum atomic E-state index is 16.6. The summed E-state index contributed by atoms with van der Waals surface area (Å²) in [4.78, 5) is 42.3. The lowest BCUT2D eigenvalue weighted by Gasteiger charge is -2.30. The van der Waals surface area contributed by atoms with Crippen molar-refractivity contribution in [3.05, 3.63) is 91.9 Å². The number of carbonyl (C=O) groups excluding carboxylic acids is 2. The summed E-state index contributed by atoms with van der Waals surface area (Å²) < 4.78 is 124. The van der Waals surface area contributed by atoms with Crippen molar-refractivity contribution in [2.45, 2.75) is 91.2 Å². The summed E-state index contributed by atoms with van der Waals surface area (Å²) in [5, 5.41) is 2.28. The second-order valence-corrected chi connectivity index (χ2v) is 13.7. The first-order valence-electron chi connectivity index (χ1n) is 17.4. The SMILES string of the molecule is CCOC(=O)C[C@H](NC(=O)C(CC(C)C)n1cc(CCCN2CCC2)c(C(F)(F)F)cc1=O)c1c(F)c(-c2c(C)cccc2C)cc(C(F)(F)F)c1F. The van der Waals surface area contributed by atoms with Crippen LogP contribution in [0, 0.1) is 31.4 Å². The summed E-state index contributed by atoms with van der Waals surface area (Å²) >= 11 is 0. The maximum Gasteiger partial charge on any atom is 0.419 e. The van der Waals surface area contributed by atoms with Crippen LogP contribution in [0.25, 0.3) is 11.1 Å². The summed E-state index contributed by atoms with van der Waals surface area (Å²) in [6.45, 7) is 9.71. The van der Waals surface area contributed by atoms with Crippen LogP contribution in [0.2, 0.25) is 0 Å². The zero-order chi connectivity index (χ0) is 39.4. The molecule has 0 aliphatic carbocycles. The topological polar surface area (TPSA) is 80.6 Å². The van der Waals surface area contributed by atoms with E-state index in [0.717, 1.165) is 30.3 Å². The maximum absolute atomic E-state index is 16.6. The minimum absolute atomic E-state index is 0.0357.